The molecule has 10 heteroatoms. The van der Waals surface area contributed by atoms with Crippen molar-refractivity contribution in [3.8, 4) is 17.1 Å². The van der Waals surface area contributed by atoms with Crippen molar-refractivity contribution in [2.45, 2.75) is 24.4 Å². The van der Waals surface area contributed by atoms with Gasteiger partial charge in [-0.15, -0.1) is 21.5 Å². The highest BCUT2D eigenvalue weighted by Gasteiger charge is 2.19. The van der Waals surface area contributed by atoms with Crippen LogP contribution in [0.4, 0.5) is 4.39 Å². The molecule has 180 valence electrons. The largest absolute Gasteiger partial charge is 0.347 e. The third-order valence-corrected chi connectivity index (χ3v) is 7.36. The van der Waals surface area contributed by atoms with Crippen molar-refractivity contribution in [1.29, 1.82) is 0 Å². The van der Waals surface area contributed by atoms with E-state index in [1.807, 2.05) is 34.9 Å². The number of pyridine rings is 1. The zero-order valence-electron chi connectivity index (χ0n) is 19.3. The first kappa shape index (κ1) is 23.8. The predicted molar refractivity (Wildman–Crippen MR) is 139 cm³/mol. The van der Waals surface area contributed by atoms with E-state index in [2.05, 4.69) is 38.5 Å². The number of benzene rings is 2. The van der Waals surface area contributed by atoms with E-state index in [0.717, 1.165) is 32.5 Å². The zero-order chi connectivity index (χ0) is 24.9. The van der Waals surface area contributed by atoms with Crippen molar-refractivity contribution >= 4 is 29.0 Å². The Kier molecular flexibility index (Phi) is 7.15. The number of amides is 1. The summed E-state index contributed by atoms with van der Waals surface area (Å²) >= 11 is 2.92. The molecule has 7 nitrogen and oxygen atoms in total. The number of carbonyl (C=O) groups excluding carboxylic acids is 1. The summed E-state index contributed by atoms with van der Waals surface area (Å²) in [6.45, 7) is 2.35. The molecule has 0 unspecified atom stereocenters. The molecule has 0 atom stereocenters. The lowest BCUT2D eigenvalue weighted by molar-refractivity contribution is 0.0946. The number of nitrogens with zero attached hydrogens (tertiary/aromatic N) is 5. The van der Waals surface area contributed by atoms with Gasteiger partial charge in [0.15, 0.2) is 11.0 Å². The molecule has 0 radical (unpaired) electrons. The van der Waals surface area contributed by atoms with Gasteiger partial charge in [-0.25, -0.2) is 9.37 Å². The number of thiazole rings is 1. The fourth-order valence-electron chi connectivity index (χ4n) is 3.56. The van der Waals surface area contributed by atoms with Crippen molar-refractivity contribution in [2.75, 3.05) is 0 Å². The Morgan fingerprint density at radius 2 is 1.92 bits per heavy atom. The minimum absolute atomic E-state index is 0.270. The fourth-order valence-corrected chi connectivity index (χ4v) is 5.30. The van der Waals surface area contributed by atoms with E-state index in [-0.39, 0.29) is 11.7 Å². The molecule has 0 spiro atoms. The monoisotopic (exact) mass is 516 g/mol. The highest BCUT2D eigenvalue weighted by molar-refractivity contribution is 7.98. The first-order chi connectivity index (χ1) is 17.6. The summed E-state index contributed by atoms with van der Waals surface area (Å²) in [7, 11) is 0. The number of halogens is 1. The number of aromatic nitrogens is 5. The summed E-state index contributed by atoms with van der Waals surface area (Å²) in [5.41, 5.74) is 4.13. The molecule has 0 saturated heterocycles. The van der Waals surface area contributed by atoms with E-state index in [4.69, 9.17) is 0 Å². The van der Waals surface area contributed by atoms with Crippen LogP contribution in [-0.4, -0.2) is 30.6 Å². The summed E-state index contributed by atoms with van der Waals surface area (Å²) in [4.78, 5) is 21.3. The average Bonchev–Trinajstić information content (AvgIpc) is 3.55. The molecular formula is C26H21FN6OS2. The van der Waals surface area contributed by atoms with Crippen molar-refractivity contribution < 1.29 is 9.18 Å². The molecule has 0 bridgehead atoms. The minimum atomic E-state index is -0.308. The van der Waals surface area contributed by atoms with E-state index < -0.39 is 0 Å². The van der Waals surface area contributed by atoms with Gasteiger partial charge in [-0.05, 0) is 48.4 Å². The number of para-hydroxylation sites is 1. The normalized spacial score (nSPS) is 10.9. The Morgan fingerprint density at radius 3 is 2.69 bits per heavy atom. The Balaban J connectivity index is 1.31. The lowest BCUT2D eigenvalue weighted by atomic mass is 10.2. The van der Waals surface area contributed by atoms with Gasteiger partial charge in [0.05, 0.1) is 11.4 Å². The van der Waals surface area contributed by atoms with Gasteiger partial charge < -0.3 is 5.32 Å². The van der Waals surface area contributed by atoms with Gasteiger partial charge in [-0.3, -0.25) is 14.3 Å². The van der Waals surface area contributed by atoms with E-state index in [9.17, 15) is 9.18 Å². The number of carbonyl (C=O) groups is 1. The molecule has 0 aliphatic rings. The van der Waals surface area contributed by atoms with E-state index in [1.54, 1.807) is 29.9 Å². The molecule has 0 aliphatic heterocycles. The van der Waals surface area contributed by atoms with Crippen LogP contribution in [0.25, 0.3) is 17.1 Å². The van der Waals surface area contributed by atoms with Crippen molar-refractivity contribution in [2.24, 2.45) is 0 Å². The zero-order valence-corrected chi connectivity index (χ0v) is 20.9. The Hall–Kier alpha value is -3.89. The van der Waals surface area contributed by atoms with Crippen LogP contribution < -0.4 is 5.32 Å². The second kappa shape index (κ2) is 10.8. The van der Waals surface area contributed by atoms with Crippen LogP contribution >= 0.6 is 23.1 Å². The molecule has 3 aromatic heterocycles. The summed E-state index contributed by atoms with van der Waals surface area (Å²) in [5, 5.41) is 15.0. The molecule has 36 heavy (non-hydrogen) atoms. The summed E-state index contributed by atoms with van der Waals surface area (Å²) in [6.07, 6.45) is 3.49. The first-order valence-electron chi connectivity index (χ1n) is 11.1. The molecule has 0 saturated carbocycles. The summed E-state index contributed by atoms with van der Waals surface area (Å²) in [5.74, 6) is 0.665. The van der Waals surface area contributed by atoms with E-state index >= 15 is 0 Å². The van der Waals surface area contributed by atoms with Crippen LogP contribution in [-0.2, 0) is 12.3 Å². The maximum absolute atomic E-state index is 13.1. The van der Waals surface area contributed by atoms with Crippen LogP contribution in [0.2, 0.25) is 0 Å². The molecule has 3 heterocycles. The minimum Gasteiger partial charge on any atom is -0.347 e. The van der Waals surface area contributed by atoms with Gasteiger partial charge in [0.2, 0.25) is 0 Å². The number of thioether (sulfide) groups is 1. The second-order valence-electron chi connectivity index (χ2n) is 7.89. The molecule has 0 aliphatic carbocycles. The van der Waals surface area contributed by atoms with E-state index in [0.29, 0.717) is 23.8 Å². The SMILES string of the molecule is Cc1ccccc1-n1c(SCc2nc(C(=O)NCc3ccc(F)cc3)cs2)nnc1-c1cccnc1. The van der Waals surface area contributed by atoms with Crippen LogP contribution in [0, 0.1) is 12.7 Å². The Morgan fingerprint density at radius 1 is 1.08 bits per heavy atom. The lowest BCUT2D eigenvalue weighted by Crippen LogP contribution is -2.23. The highest BCUT2D eigenvalue weighted by Crippen LogP contribution is 2.31. The van der Waals surface area contributed by atoms with Gasteiger partial charge in [0.25, 0.3) is 5.91 Å². The van der Waals surface area contributed by atoms with Crippen LogP contribution in [0.3, 0.4) is 0 Å². The lowest BCUT2D eigenvalue weighted by Gasteiger charge is -2.12. The van der Waals surface area contributed by atoms with Gasteiger partial charge >= 0.3 is 0 Å². The third-order valence-electron chi connectivity index (χ3n) is 5.38. The Labute approximate surface area is 215 Å². The van der Waals surface area contributed by atoms with Crippen molar-refractivity contribution in [3.63, 3.8) is 0 Å². The molecule has 5 aromatic rings. The topological polar surface area (TPSA) is 85.6 Å². The number of hydrogen-bond donors (Lipinski definition) is 1. The summed E-state index contributed by atoms with van der Waals surface area (Å²) in [6, 6.07) is 17.9. The standard InChI is InChI=1S/C26H21FN6OS2/c1-17-5-2-3-7-22(17)33-24(19-6-4-12-28-14-19)31-32-26(33)36-16-23-30-21(15-35-23)25(34)29-13-18-8-10-20(27)11-9-18/h2-12,14-15H,13,16H2,1H3,(H,29,34). The molecule has 2 aromatic carbocycles. The average molecular weight is 517 g/mol. The molecular weight excluding hydrogens is 495 g/mol. The van der Waals surface area contributed by atoms with Crippen LogP contribution in [0.15, 0.2) is 83.6 Å². The molecule has 1 amide bonds. The second-order valence-corrected chi connectivity index (χ2v) is 9.78. The van der Waals surface area contributed by atoms with Gasteiger partial charge in [-0.2, -0.15) is 0 Å². The smallest absolute Gasteiger partial charge is 0.271 e. The van der Waals surface area contributed by atoms with Gasteiger partial charge in [0, 0.05) is 29.9 Å². The van der Waals surface area contributed by atoms with Gasteiger partial charge in [0.1, 0.15) is 16.5 Å². The number of rotatable bonds is 8. The highest BCUT2D eigenvalue weighted by atomic mass is 32.2. The summed E-state index contributed by atoms with van der Waals surface area (Å²) < 4.78 is 15.1. The van der Waals surface area contributed by atoms with Gasteiger partial charge in [-0.1, -0.05) is 42.1 Å². The maximum Gasteiger partial charge on any atom is 0.271 e. The molecule has 1 N–H and O–H groups in total. The fraction of sp³-hybridized carbons (Fsp3) is 0.115. The first-order valence-corrected chi connectivity index (χ1v) is 13.0. The molecule has 0 fully saturated rings. The number of aryl methyl sites for hydroxylation is 1. The number of hydrogen-bond acceptors (Lipinski definition) is 7. The van der Waals surface area contributed by atoms with E-state index in [1.165, 1.54) is 35.2 Å². The molecule has 5 rings (SSSR count). The quantitative estimate of drug-likeness (QED) is 0.276. The third kappa shape index (κ3) is 5.34. The van der Waals surface area contributed by atoms with Crippen LogP contribution in [0.1, 0.15) is 26.6 Å². The predicted octanol–water partition coefficient (Wildman–Crippen LogP) is 5.46. The van der Waals surface area contributed by atoms with Crippen molar-refractivity contribution in [1.82, 2.24) is 30.0 Å². The number of nitrogens with one attached hydrogen (secondary N) is 1. The van der Waals surface area contributed by atoms with Crippen LogP contribution in [0.5, 0.6) is 0 Å². The Bertz CT molecular complexity index is 1480. The van der Waals surface area contributed by atoms with Crippen molar-refractivity contribution in [3.05, 3.63) is 106 Å². The maximum atomic E-state index is 13.1.